The summed E-state index contributed by atoms with van der Waals surface area (Å²) in [5.74, 6) is -1.34. The van der Waals surface area contributed by atoms with Gasteiger partial charge in [-0.3, -0.25) is 4.79 Å². The summed E-state index contributed by atoms with van der Waals surface area (Å²) in [6, 6.07) is 9.63. The van der Waals surface area contributed by atoms with Gasteiger partial charge in [0.15, 0.2) is 0 Å². The van der Waals surface area contributed by atoms with E-state index in [4.69, 9.17) is 0 Å². The number of benzene rings is 2. The van der Waals surface area contributed by atoms with E-state index in [9.17, 15) is 19.1 Å². The molecular weight excluding hydrogens is 321 g/mol. The lowest BCUT2D eigenvalue weighted by molar-refractivity contribution is -0.111. The summed E-state index contributed by atoms with van der Waals surface area (Å²) >= 11 is 0. The van der Waals surface area contributed by atoms with Gasteiger partial charge in [0, 0.05) is 0 Å². The Bertz CT molecular complexity index is 834. The Hall–Kier alpha value is -2.69. The molecule has 0 fully saturated rings. The van der Waals surface area contributed by atoms with Crippen LogP contribution in [0.1, 0.15) is 52.4 Å². The second kappa shape index (κ2) is 6.67. The molecule has 1 aliphatic rings. The van der Waals surface area contributed by atoms with Crippen molar-refractivity contribution in [1.29, 1.82) is 0 Å². The van der Waals surface area contributed by atoms with Crippen molar-refractivity contribution in [1.82, 2.24) is 5.32 Å². The predicted octanol–water partition coefficient (Wildman–Crippen LogP) is 3.41. The molecule has 1 atom stereocenters. The molecule has 1 aliphatic carbocycles. The number of hydrogen-bond acceptors (Lipinski definition) is 2. The smallest absolute Gasteiger partial charge is 0.335 e. The zero-order valence-corrected chi connectivity index (χ0v) is 14.0. The standard InChI is InChI=1S/C20H20FNO3/c1-2-9-20(22-12-23)17-8-6-15(19(24)25)10-14(17)4-3-13-5-7-16(21)11-18(13)20/h5-8,10-12H,2-4,9H2,1H3,(H,22,23)(H,24,25). The summed E-state index contributed by atoms with van der Waals surface area (Å²) in [4.78, 5) is 22.8. The van der Waals surface area contributed by atoms with Crippen LogP contribution in [0.5, 0.6) is 0 Å². The van der Waals surface area contributed by atoms with Gasteiger partial charge in [0.2, 0.25) is 6.41 Å². The molecule has 3 rings (SSSR count). The van der Waals surface area contributed by atoms with E-state index in [1.54, 1.807) is 24.3 Å². The Labute approximate surface area is 145 Å². The topological polar surface area (TPSA) is 66.4 Å². The fourth-order valence-electron chi connectivity index (χ4n) is 3.90. The Morgan fingerprint density at radius 2 is 1.96 bits per heavy atom. The van der Waals surface area contributed by atoms with Crippen LogP contribution in [0.2, 0.25) is 0 Å². The Kier molecular flexibility index (Phi) is 4.57. The van der Waals surface area contributed by atoms with Crippen molar-refractivity contribution < 1.29 is 19.1 Å². The van der Waals surface area contributed by atoms with E-state index in [2.05, 4.69) is 5.32 Å². The van der Waals surface area contributed by atoms with Crippen LogP contribution >= 0.6 is 0 Å². The zero-order chi connectivity index (χ0) is 18.0. The molecule has 1 unspecified atom stereocenters. The van der Waals surface area contributed by atoms with Crippen LogP contribution in [0.3, 0.4) is 0 Å². The molecule has 0 saturated heterocycles. The van der Waals surface area contributed by atoms with Gasteiger partial charge in [-0.25, -0.2) is 9.18 Å². The Morgan fingerprint density at radius 3 is 2.64 bits per heavy atom. The van der Waals surface area contributed by atoms with Gasteiger partial charge in [0.25, 0.3) is 0 Å². The van der Waals surface area contributed by atoms with Gasteiger partial charge in [0.1, 0.15) is 5.82 Å². The molecule has 2 N–H and O–H groups in total. The van der Waals surface area contributed by atoms with Crippen molar-refractivity contribution in [3.8, 4) is 0 Å². The first-order valence-corrected chi connectivity index (χ1v) is 8.38. The Morgan fingerprint density at radius 1 is 1.20 bits per heavy atom. The number of halogens is 1. The van der Waals surface area contributed by atoms with Gasteiger partial charge in [-0.2, -0.15) is 0 Å². The minimum Gasteiger partial charge on any atom is -0.478 e. The molecule has 0 radical (unpaired) electrons. The van der Waals surface area contributed by atoms with Gasteiger partial charge >= 0.3 is 5.97 Å². The van der Waals surface area contributed by atoms with Crippen LogP contribution in [0, 0.1) is 5.82 Å². The summed E-state index contributed by atoms with van der Waals surface area (Å²) in [6.45, 7) is 2.00. The number of carbonyl (C=O) groups excluding carboxylic acids is 1. The van der Waals surface area contributed by atoms with E-state index in [1.807, 2.05) is 6.92 Å². The van der Waals surface area contributed by atoms with E-state index < -0.39 is 11.5 Å². The quantitative estimate of drug-likeness (QED) is 0.819. The molecule has 25 heavy (non-hydrogen) atoms. The monoisotopic (exact) mass is 341 g/mol. The molecule has 2 aromatic carbocycles. The molecule has 0 saturated carbocycles. The van der Waals surface area contributed by atoms with E-state index >= 15 is 0 Å². The average molecular weight is 341 g/mol. The molecule has 0 aromatic heterocycles. The van der Waals surface area contributed by atoms with Crippen LogP contribution in [-0.2, 0) is 23.2 Å². The minimum absolute atomic E-state index is 0.215. The van der Waals surface area contributed by atoms with Crippen molar-refractivity contribution in [3.63, 3.8) is 0 Å². The lowest BCUT2D eigenvalue weighted by Crippen LogP contribution is -2.43. The highest BCUT2D eigenvalue weighted by atomic mass is 19.1. The van der Waals surface area contributed by atoms with Crippen molar-refractivity contribution in [2.75, 3.05) is 0 Å². The fraction of sp³-hybridized carbons (Fsp3) is 0.300. The number of carbonyl (C=O) groups is 2. The summed E-state index contributed by atoms with van der Waals surface area (Å²) in [6.07, 6.45) is 3.32. The number of rotatable bonds is 5. The third kappa shape index (κ3) is 2.90. The molecule has 0 bridgehead atoms. The molecule has 5 heteroatoms. The maximum absolute atomic E-state index is 14.0. The van der Waals surface area contributed by atoms with Gasteiger partial charge in [-0.15, -0.1) is 0 Å². The summed E-state index contributed by atoms with van der Waals surface area (Å²) in [5, 5.41) is 12.2. The van der Waals surface area contributed by atoms with Crippen LogP contribution in [0.25, 0.3) is 0 Å². The largest absolute Gasteiger partial charge is 0.478 e. The van der Waals surface area contributed by atoms with Crippen LogP contribution < -0.4 is 5.32 Å². The lowest BCUT2D eigenvalue weighted by Gasteiger charge is -2.36. The molecule has 0 aliphatic heterocycles. The number of hydrogen-bond donors (Lipinski definition) is 2. The normalized spacial score (nSPS) is 18.6. The molecule has 2 aromatic rings. The van der Waals surface area contributed by atoms with E-state index in [0.29, 0.717) is 25.7 Å². The average Bonchev–Trinajstić information content (AvgIpc) is 2.71. The molecule has 0 spiro atoms. The number of fused-ring (bicyclic) bond motifs is 2. The number of nitrogens with one attached hydrogen (secondary N) is 1. The van der Waals surface area contributed by atoms with E-state index in [-0.39, 0.29) is 11.4 Å². The molecule has 1 amide bonds. The number of carboxylic acids is 1. The molecule has 0 heterocycles. The zero-order valence-electron chi connectivity index (χ0n) is 14.0. The molecule has 130 valence electrons. The number of aromatic carboxylic acids is 1. The Balaban J connectivity index is 2.31. The first kappa shape index (κ1) is 17.1. The molecular formula is C20H20FNO3. The second-order valence-corrected chi connectivity index (χ2v) is 6.40. The first-order valence-electron chi connectivity index (χ1n) is 8.38. The van der Waals surface area contributed by atoms with Crippen molar-refractivity contribution in [3.05, 3.63) is 70.0 Å². The van der Waals surface area contributed by atoms with Crippen molar-refractivity contribution in [2.45, 2.75) is 38.1 Å². The summed E-state index contributed by atoms with van der Waals surface area (Å²) in [7, 11) is 0. The highest BCUT2D eigenvalue weighted by Crippen LogP contribution is 2.41. The lowest BCUT2D eigenvalue weighted by atomic mass is 9.77. The predicted molar refractivity (Wildman–Crippen MR) is 92.1 cm³/mol. The second-order valence-electron chi connectivity index (χ2n) is 6.40. The molecule has 4 nitrogen and oxygen atoms in total. The third-order valence-electron chi connectivity index (χ3n) is 4.94. The van der Waals surface area contributed by atoms with Crippen molar-refractivity contribution >= 4 is 12.4 Å². The van der Waals surface area contributed by atoms with Gasteiger partial charge in [-0.1, -0.05) is 25.5 Å². The number of aryl methyl sites for hydroxylation is 2. The van der Waals surface area contributed by atoms with Crippen molar-refractivity contribution in [2.24, 2.45) is 0 Å². The van der Waals surface area contributed by atoms with Gasteiger partial charge in [0.05, 0.1) is 11.1 Å². The minimum atomic E-state index is -0.986. The van der Waals surface area contributed by atoms with Crippen LogP contribution in [0.15, 0.2) is 36.4 Å². The van der Waals surface area contributed by atoms with E-state index in [0.717, 1.165) is 28.7 Å². The highest BCUT2D eigenvalue weighted by Gasteiger charge is 2.38. The van der Waals surface area contributed by atoms with Crippen LogP contribution in [-0.4, -0.2) is 17.5 Å². The van der Waals surface area contributed by atoms with E-state index in [1.165, 1.54) is 12.1 Å². The number of carboxylic acid groups (broad SMARTS) is 1. The first-order chi connectivity index (χ1) is 12.0. The highest BCUT2D eigenvalue weighted by molar-refractivity contribution is 5.88. The summed E-state index contributed by atoms with van der Waals surface area (Å²) < 4.78 is 14.0. The fourth-order valence-corrected chi connectivity index (χ4v) is 3.90. The van der Waals surface area contributed by atoms with Crippen LogP contribution in [0.4, 0.5) is 4.39 Å². The SMILES string of the molecule is CCCC1(NC=O)c2ccc(C(=O)O)cc2CCc2ccc(F)cc21. The number of amides is 1. The summed E-state index contributed by atoms with van der Waals surface area (Å²) in [5.41, 5.74) is 2.81. The maximum Gasteiger partial charge on any atom is 0.335 e. The maximum atomic E-state index is 14.0. The van der Waals surface area contributed by atoms with Gasteiger partial charge < -0.3 is 10.4 Å². The third-order valence-corrected chi connectivity index (χ3v) is 4.94. The van der Waals surface area contributed by atoms with Gasteiger partial charge in [-0.05, 0) is 65.8 Å².